The van der Waals surface area contributed by atoms with Crippen molar-refractivity contribution in [1.82, 2.24) is 14.5 Å². The van der Waals surface area contributed by atoms with Crippen molar-refractivity contribution in [3.05, 3.63) is 52.9 Å². The Hall–Kier alpha value is -1.58. The molecule has 0 saturated carbocycles. The molecule has 0 amide bonds. The highest BCUT2D eigenvalue weighted by molar-refractivity contribution is 6.30. The Kier molecular flexibility index (Phi) is 3.40. The number of hydrogen-bond acceptors (Lipinski definition) is 2. The summed E-state index contributed by atoms with van der Waals surface area (Å²) in [6, 6.07) is 9.53. The third kappa shape index (κ3) is 2.17. The first-order valence-electron chi connectivity index (χ1n) is 6.32. The molecule has 5 heteroatoms. The van der Waals surface area contributed by atoms with E-state index in [1.54, 1.807) is 6.20 Å². The highest BCUT2D eigenvalue weighted by Crippen LogP contribution is 2.28. The van der Waals surface area contributed by atoms with Gasteiger partial charge in [0.15, 0.2) is 5.65 Å². The van der Waals surface area contributed by atoms with E-state index in [9.17, 15) is 0 Å². The first-order valence-corrected chi connectivity index (χ1v) is 7.13. The van der Waals surface area contributed by atoms with Gasteiger partial charge in [-0.15, -0.1) is 11.6 Å². The average molecular weight is 306 g/mol. The number of nitrogens with zero attached hydrogens (tertiary/aromatic N) is 3. The van der Waals surface area contributed by atoms with Gasteiger partial charge in [-0.25, -0.2) is 9.97 Å². The second-order valence-electron chi connectivity index (χ2n) is 4.70. The Morgan fingerprint density at radius 2 is 1.85 bits per heavy atom. The monoisotopic (exact) mass is 305 g/mol. The van der Waals surface area contributed by atoms with Gasteiger partial charge >= 0.3 is 0 Å². The molecule has 3 nitrogen and oxygen atoms in total. The summed E-state index contributed by atoms with van der Waals surface area (Å²) in [5.74, 6) is 0.783. The lowest BCUT2D eigenvalue weighted by atomic mass is 10.2. The van der Waals surface area contributed by atoms with Crippen LogP contribution >= 0.6 is 23.2 Å². The number of rotatable bonds is 2. The van der Waals surface area contributed by atoms with Crippen LogP contribution in [-0.2, 0) is 0 Å². The highest BCUT2D eigenvalue weighted by Gasteiger charge is 2.18. The Balaban J connectivity index is 2.35. The van der Waals surface area contributed by atoms with E-state index in [1.807, 2.05) is 48.7 Å². The lowest BCUT2D eigenvalue weighted by Gasteiger charge is -2.10. The molecular weight excluding hydrogens is 293 g/mol. The second kappa shape index (κ2) is 5.08. The van der Waals surface area contributed by atoms with Crippen LogP contribution in [0.5, 0.6) is 0 Å². The maximum atomic E-state index is 6.28. The molecule has 3 rings (SSSR count). The zero-order chi connectivity index (χ0) is 14.3. The van der Waals surface area contributed by atoms with Crippen LogP contribution in [0, 0.1) is 6.92 Å². The van der Waals surface area contributed by atoms with Gasteiger partial charge in [0.2, 0.25) is 0 Å². The van der Waals surface area contributed by atoms with Gasteiger partial charge in [-0.1, -0.05) is 11.6 Å². The molecule has 0 N–H and O–H groups in total. The Morgan fingerprint density at radius 3 is 2.50 bits per heavy atom. The Morgan fingerprint density at radius 1 is 1.15 bits per heavy atom. The average Bonchev–Trinajstić information content (AvgIpc) is 2.81. The lowest BCUT2D eigenvalue weighted by Crippen LogP contribution is -2.02. The van der Waals surface area contributed by atoms with E-state index in [0.29, 0.717) is 5.02 Å². The lowest BCUT2D eigenvalue weighted by molar-refractivity contribution is 0.877. The highest BCUT2D eigenvalue weighted by atomic mass is 35.5. The fourth-order valence-electron chi connectivity index (χ4n) is 2.22. The van der Waals surface area contributed by atoms with E-state index in [4.69, 9.17) is 23.2 Å². The van der Waals surface area contributed by atoms with Crippen LogP contribution in [-0.4, -0.2) is 14.5 Å². The number of fused-ring (bicyclic) bond motifs is 1. The van der Waals surface area contributed by atoms with Gasteiger partial charge in [-0.05, 0) is 49.7 Å². The summed E-state index contributed by atoms with van der Waals surface area (Å²) in [6.07, 6.45) is 1.79. The molecule has 1 unspecified atom stereocenters. The van der Waals surface area contributed by atoms with E-state index in [0.717, 1.165) is 28.2 Å². The van der Waals surface area contributed by atoms with E-state index in [-0.39, 0.29) is 5.38 Å². The molecule has 2 heterocycles. The molecule has 3 aromatic rings. The van der Waals surface area contributed by atoms with Gasteiger partial charge in [0, 0.05) is 16.9 Å². The van der Waals surface area contributed by atoms with Crippen molar-refractivity contribution in [2.45, 2.75) is 19.2 Å². The van der Waals surface area contributed by atoms with Gasteiger partial charge in [0.05, 0.1) is 5.38 Å². The summed E-state index contributed by atoms with van der Waals surface area (Å²) in [6.45, 7) is 3.93. The molecule has 1 atom stereocenters. The van der Waals surface area contributed by atoms with Crippen molar-refractivity contribution in [2.75, 3.05) is 0 Å². The van der Waals surface area contributed by atoms with E-state index < -0.39 is 0 Å². The van der Waals surface area contributed by atoms with Gasteiger partial charge in [0.1, 0.15) is 11.3 Å². The van der Waals surface area contributed by atoms with Crippen LogP contribution in [0.15, 0.2) is 36.5 Å². The molecule has 0 bridgehead atoms. The standard InChI is InChI=1S/C15H13Cl2N3/c1-9-7-8-18-15-13(9)19-14(10(2)16)20(15)12-5-3-11(17)4-6-12/h3-8,10H,1-2H3. The maximum Gasteiger partial charge on any atom is 0.164 e. The van der Waals surface area contributed by atoms with Gasteiger partial charge in [-0.3, -0.25) is 4.57 Å². The number of imidazole rings is 1. The van der Waals surface area contributed by atoms with Crippen molar-refractivity contribution in [2.24, 2.45) is 0 Å². The molecule has 0 saturated heterocycles. The number of halogens is 2. The summed E-state index contributed by atoms with van der Waals surface area (Å²) >= 11 is 12.2. The zero-order valence-corrected chi connectivity index (χ0v) is 12.7. The number of alkyl halides is 1. The van der Waals surface area contributed by atoms with Crippen molar-refractivity contribution >= 4 is 34.4 Å². The number of pyridine rings is 1. The van der Waals surface area contributed by atoms with Crippen molar-refractivity contribution < 1.29 is 0 Å². The summed E-state index contributed by atoms with van der Waals surface area (Å²) in [5, 5.41) is 0.488. The SMILES string of the molecule is Cc1ccnc2c1nc(C(C)Cl)n2-c1ccc(Cl)cc1. The summed E-state index contributed by atoms with van der Waals surface area (Å²) in [7, 11) is 0. The fraction of sp³-hybridized carbons (Fsp3) is 0.200. The summed E-state index contributed by atoms with van der Waals surface area (Å²) < 4.78 is 1.98. The minimum absolute atomic E-state index is 0.209. The fourth-order valence-corrected chi connectivity index (χ4v) is 2.49. The predicted molar refractivity (Wildman–Crippen MR) is 82.9 cm³/mol. The molecule has 0 radical (unpaired) electrons. The summed E-state index contributed by atoms with van der Waals surface area (Å²) in [5.41, 5.74) is 3.73. The largest absolute Gasteiger partial charge is 0.279 e. The first kappa shape index (κ1) is 13.4. The van der Waals surface area contributed by atoms with Crippen molar-refractivity contribution in [1.29, 1.82) is 0 Å². The maximum absolute atomic E-state index is 6.28. The third-order valence-corrected chi connectivity index (χ3v) is 3.66. The quantitative estimate of drug-likeness (QED) is 0.643. The topological polar surface area (TPSA) is 30.7 Å². The number of benzene rings is 1. The molecule has 0 aliphatic heterocycles. The predicted octanol–water partition coefficient (Wildman–Crippen LogP) is 4.68. The Bertz CT molecular complexity index is 761. The van der Waals surface area contributed by atoms with Crippen LogP contribution in [0.4, 0.5) is 0 Å². The van der Waals surface area contributed by atoms with E-state index in [1.165, 1.54) is 0 Å². The van der Waals surface area contributed by atoms with Gasteiger partial charge in [-0.2, -0.15) is 0 Å². The van der Waals surface area contributed by atoms with Crippen LogP contribution in [0.25, 0.3) is 16.9 Å². The molecule has 1 aromatic carbocycles. The van der Waals surface area contributed by atoms with Crippen LogP contribution < -0.4 is 0 Å². The van der Waals surface area contributed by atoms with E-state index >= 15 is 0 Å². The van der Waals surface area contributed by atoms with Crippen molar-refractivity contribution in [3.8, 4) is 5.69 Å². The van der Waals surface area contributed by atoms with Crippen LogP contribution in [0.2, 0.25) is 5.02 Å². The molecule has 2 aromatic heterocycles. The minimum atomic E-state index is -0.209. The number of aryl methyl sites for hydroxylation is 1. The third-order valence-electron chi connectivity index (χ3n) is 3.21. The summed E-state index contributed by atoms with van der Waals surface area (Å²) in [4.78, 5) is 9.10. The number of hydrogen-bond donors (Lipinski definition) is 0. The smallest absolute Gasteiger partial charge is 0.164 e. The number of aromatic nitrogens is 3. The van der Waals surface area contributed by atoms with Crippen molar-refractivity contribution in [3.63, 3.8) is 0 Å². The second-order valence-corrected chi connectivity index (χ2v) is 5.79. The molecular formula is C15H13Cl2N3. The van der Waals surface area contributed by atoms with E-state index in [2.05, 4.69) is 9.97 Å². The molecule has 20 heavy (non-hydrogen) atoms. The van der Waals surface area contributed by atoms with Crippen LogP contribution in [0.3, 0.4) is 0 Å². The minimum Gasteiger partial charge on any atom is -0.279 e. The molecule has 0 aliphatic carbocycles. The molecule has 0 fully saturated rings. The van der Waals surface area contributed by atoms with Gasteiger partial charge < -0.3 is 0 Å². The first-order chi connectivity index (χ1) is 9.58. The Labute approximate surface area is 127 Å². The molecule has 102 valence electrons. The normalized spacial score (nSPS) is 12.8. The zero-order valence-electron chi connectivity index (χ0n) is 11.1. The molecule has 0 spiro atoms. The molecule has 0 aliphatic rings. The van der Waals surface area contributed by atoms with Crippen LogP contribution in [0.1, 0.15) is 23.7 Å². The van der Waals surface area contributed by atoms with Gasteiger partial charge in [0.25, 0.3) is 0 Å².